The Bertz CT molecular complexity index is 564. The average molecular weight is 290 g/mol. The maximum Gasteiger partial charge on any atom is 0.123 e. The average Bonchev–Trinajstić information content (AvgIpc) is 2.93. The van der Waals surface area contributed by atoms with Crippen molar-refractivity contribution >= 4 is 17.0 Å². The van der Waals surface area contributed by atoms with Gasteiger partial charge in [-0.05, 0) is 54.6 Å². The highest BCUT2D eigenvalue weighted by Crippen LogP contribution is 2.32. The fourth-order valence-electron chi connectivity index (χ4n) is 2.78. The Morgan fingerprint density at radius 1 is 1.30 bits per heavy atom. The van der Waals surface area contributed by atoms with Crippen LogP contribution in [0.3, 0.4) is 0 Å². The third-order valence-corrected chi connectivity index (χ3v) is 4.97. The van der Waals surface area contributed by atoms with E-state index >= 15 is 0 Å². The summed E-state index contributed by atoms with van der Waals surface area (Å²) in [5, 5.41) is 5.55. The molecule has 4 heteroatoms. The van der Waals surface area contributed by atoms with Crippen LogP contribution in [0.5, 0.6) is 0 Å². The van der Waals surface area contributed by atoms with E-state index in [4.69, 9.17) is 0 Å². The van der Waals surface area contributed by atoms with Gasteiger partial charge < -0.3 is 5.32 Å². The second-order valence-corrected chi connectivity index (χ2v) is 6.20. The van der Waals surface area contributed by atoms with Crippen molar-refractivity contribution in [2.45, 2.75) is 19.4 Å². The van der Waals surface area contributed by atoms with Crippen LogP contribution >= 0.6 is 11.3 Å². The molecule has 0 fully saturated rings. The molecule has 1 aliphatic rings. The largest absolute Gasteiger partial charge is 0.384 e. The molecule has 1 unspecified atom stereocenters. The summed E-state index contributed by atoms with van der Waals surface area (Å²) < 4.78 is 12.8. The fraction of sp³-hybridized carbons (Fsp3) is 0.375. The molecule has 2 nitrogen and oxygen atoms in total. The molecule has 2 aromatic rings. The summed E-state index contributed by atoms with van der Waals surface area (Å²) in [5.74, 6) is -0.190. The summed E-state index contributed by atoms with van der Waals surface area (Å²) in [6, 6.07) is 9.30. The molecule has 0 saturated heterocycles. The minimum atomic E-state index is -0.190. The first kappa shape index (κ1) is 13.6. The number of hydrogen-bond donors (Lipinski definition) is 1. The van der Waals surface area contributed by atoms with Crippen LogP contribution in [0, 0.1) is 5.82 Å². The predicted molar refractivity (Wildman–Crippen MR) is 82.9 cm³/mol. The van der Waals surface area contributed by atoms with Crippen LogP contribution in [0.4, 0.5) is 10.1 Å². The third-order valence-electron chi connectivity index (χ3n) is 3.98. The quantitative estimate of drug-likeness (QED) is 0.918. The number of thiophene rings is 1. The van der Waals surface area contributed by atoms with Gasteiger partial charge in [-0.3, -0.25) is 4.90 Å². The minimum Gasteiger partial charge on any atom is -0.384 e. The van der Waals surface area contributed by atoms with E-state index < -0.39 is 0 Å². The number of nitrogens with one attached hydrogen (secondary N) is 1. The summed E-state index contributed by atoms with van der Waals surface area (Å²) in [6.07, 6.45) is 1.16. The molecule has 0 spiro atoms. The van der Waals surface area contributed by atoms with Crippen LogP contribution in [0.25, 0.3) is 0 Å². The summed E-state index contributed by atoms with van der Waals surface area (Å²) in [7, 11) is 0. The van der Waals surface area contributed by atoms with Gasteiger partial charge in [0, 0.05) is 36.2 Å². The first-order valence-electron chi connectivity index (χ1n) is 7.04. The van der Waals surface area contributed by atoms with Crippen molar-refractivity contribution in [3.8, 4) is 0 Å². The van der Waals surface area contributed by atoms with Crippen LogP contribution in [-0.4, -0.2) is 24.5 Å². The van der Waals surface area contributed by atoms with Crippen molar-refractivity contribution < 1.29 is 4.39 Å². The topological polar surface area (TPSA) is 15.3 Å². The molecule has 3 rings (SSSR count). The van der Waals surface area contributed by atoms with Crippen LogP contribution in [0.1, 0.15) is 23.4 Å². The lowest BCUT2D eigenvalue weighted by molar-refractivity contribution is 0.208. The lowest BCUT2D eigenvalue weighted by atomic mass is 10.0. The number of benzene rings is 1. The number of rotatable bonds is 4. The Balaban J connectivity index is 1.53. The molecular formula is C16H19FN2S. The molecule has 106 valence electrons. The van der Waals surface area contributed by atoms with E-state index in [-0.39, 0.29) is 5.82 Å². The van der Waals surface area contributed by atoms with Crippen LogP contribution < -0.4 is 5.32 Å². The second-order valence-electron chi connectivity index (χ2n) is 5.19. The number of fused-ring (bicyclic) bond motifs is 1. The third kappa shape index (κ3) is 2.86. The van der Waals surface area contributed by atoms with Gasteiger partial charge in [-0.25, -0.2) is 4.39 Å². The molecule has 1 aromatic carbocycles. The van der Waals surface area contributed by atoms with Gasteiger partial charge in [0.2, 0.25) is 0 Å². The predicted octanol–water partition coefficient (Wildman–Crippen LogP) is 3.92. The van der Waals surface area contributed by atoms with Crippen LogP contribution in [-0.2, 0) is 6.42 Å². The first-order chi connectivity index (χ1) is 9.74. The van der Waals surface area contributed by atoms with E-state index in [2.05, 4.69) is 28.6 Å². The summed E-state index contributed by atoms with van der Waals surface area (Å²) in [5.41, 5.74) is 2.47. The molecule has 0 amide bonds. The first-order valence-corrected chi connectivity index (χ1v) is 7.92. The molecule has 1 N–H and O–H groups in total. The van der Waals surface area contributed by atoms with Gasteiger partial charge in [-0.15, -0.1) is 11.3 Å². The van der Waals surface area contributed by atoms with E-state index in [1.807, 2.05) is 11.3 Å². The van der Waals surface area contributed by atoms with Gasteiger partial charge >= 0.3 is 0 Å². The summed E-state index contributed by atoms with van der Waals surface area (Å²) in [4.78, 5) is 4.05. The van der Waals surface area contributed by atoms with Crippen molar-refractivity contribution in [2.75, 3.05) is 25.0 Å². The SMILES string of the molecule is CC1c2ccsc2CCN1CCNc1ccc(F)cc1. The molecule has 0 saturated carbocycles. The number of nitrogens with zero attached hydrogens (tertiary/aromatic N) is 1. The Morgan fingerprint density at radius 2 is 2.10 bits per heavy atom. The van der Waals surface area contributed by atoms with Crippen LogP contribution in [0.15, 0.2) is 35.7 Å². The summed E-state index contributed by atoms with van der Waals surface area (Å²) >= 11 is 1.88. The maximum absolute atomic E-state index is 12.8. The van der Waals surface area contributed by atoms with E-state index in [1.165, 1.54) is 17.7 Å². The molecule has 0 bridgehead atoms. The molecule has 0 aliphatic carbocycles. The van der Waals surface area contributed by atoms with E-state index in [1.54, 1.807) is 17.0 Å². The normalized spacial score (nSPS) is 18.8. The van der Waals surface area contributed by atoms with Crippen LogP contribution in [0.2, 0.25) is 0 Å². The highest BCUT2D eigenvalue weighted by molar-refractivity contribution is 7.10. The lowest BCUT2D eigenvalue weighted by Gasteiger charge is -2.33. The van der Waals surface area contributed by atoms with E-state index in [9.17, 15) is 4.39 Å². The highest BCUT2D eigenvalue weighted by atomic mass is 32.1. The van der Waals surface area contributed by atoms with E-state index in [0.717, 1.165) is 31.7 Å². The van der Waals surface area contributed by atoms with Crippen molar-refractivity contribution in [1.82, 2.24) is 4.90 Å². The van der Waals surface area contributed by atoms with Crippen molar-refractivity contribution in [1.29, 1.82) is 0 Å². The van der Waals surface area contributed by atoms with Crippen molar-refractivity contribution in [3.63, 3.8) is 0 Å². The zero-order valence-electron chi connectivity index (χ0n) is 11.6. The zero-order chi connectivity index (χ0) is 13.9. The van der Waals surface area contributed by atoms with Gasteiger partial charge in [0.05, 0.1) is 0 Å². The van der Waals surface area contributed by atoms with Crippen molar-refractivity contribution in [2.24, 2.45) is 0 Å². The Morgan fingerprint density at radius 3 is 2.90 bits per heavy atom. The Kier molecular flexibility index (Phi) is 4.03. The second kappa shape index (κ2) is 5.94. The Labute approximate surface area is 123 Å². The number of hydrogen-bond acceptors (Lipinski definition) is 3. The van der Waals surface area contributed by atoms with Crippen molar-refractivity contribution in [3.05, 3.63) is 52.0 Å². The molecule has 1 aliphatic heterocycles. The number of anilines is 1. The molecular weight excluding hydrogens is 271 g/mol. The standard InChI is InChI=1S/C16H19FN2S/c1-12-15-7-11-20-16(15)6-9-19(12)10-8-18-14-4-2-13(17)3-5-14/h2-5,7,11-12,18H,6,8-10H2,1H3. The Hall–Kier alpha value is -1.39. The smallest absolute Gasteiger partial charge is 0.123 e. The molecule has 1 atom stereocenters. The van der Waals surface area contributed by atoms with Gasteiger partial charge in [-0.1, -0.05) is 0 Å². The fourth-order valence-corrected chi connectivity index (χ4v) is 3.74. The van der Waals surface area contributed by atoms with Gasteiger partial charge in [-0.2, -0.15) is 0 Å². The lowest BCUT2D eigenvalue weighted by Crippen LogP contribution is -2.36. The minimum absolute atomic E-state index is 0.190. The zero-order valence-corrected chi connectivity index (χ0v) is 12.4. The van der Waals surface area contributed by atoms with E-state index in [0.29, 0.717) is 6.04 Å². The molecule has 1 aromatic heterocycles. The van der Waals surface area contributed by atoms with Gasteiger partial charge in [0.25, 0.3) is 0 Å². The number of halogens is 1. The van der Waals surface area contributed by atoms with Gasteiger partial charge in [0.15, 0.2) is 0 Å². The maximum atomic E-state index is 12.8. The highest BCUT2D eigenvalue weighted by Gasteiger charge is 2.23. The molecule has 20 heavy (non-hydrogen) atoms. The van der Waals surface area contributed by atoms with Gasteiger partial charge in [0.1, 0.15) is 5.82 Å². The molecule has 0 radical (unpaired) electrons. The summed E-state index contributed by atoms with van der Waals surface area (Å²) in [6.45, 7) is 5.30. The molecule has 2 heterocycles. The monoisotopic (exact) mass is 290 g/mol.